The third-order valence-corrected chi connectivity index (χ3v) is 5.07. The van der Waals surface area contributed by atoms with Crippen molar-refractivity contribution >= 4 is 28.9 Å². The number of hydrogen-bond donors (Lipinski definition) is 3. The number of alkyl halides is 3. The molecule has 0 saturated heterocycles. The minimum absolute atomic E-state index is 0.0320. The Kier molecular flexibility index (Phi) is 7.96. The molecule has 1 unspecified atom stereocenters. The second-order valence-electron chi connectivity index (χ2n) is 6.99. The molecule has 29 heavy (non-hydrogen) atoms. The second-order valence-corrected chi connectivity index (χ2v) is 7.42. The highest BCUT2D eigenvalue weighted by molar-refractivity contribution is 6.31. The molecule has 2 rings (SSSR count). The Balaban J connectivity index is 1.95. The highest BCUT2D eigenvalue weighted by Crippen LogP contribution is 2.31. The van der Waals surface area contributed by atoms with Gasteiger partial charge in [0.25, 0.3) is 0 Å². The average molecular weight is 432 g/mol. The maximum atomic E-state index is 12.9. The van der Waals surface area contributed by atoms with Crippen molar-refractivity contribution in [2.24, 2.45) is 5.92 Å². The number of hydrogen-bond acceptors (Lipinski definition) is 4. The zero-order valence-corrected chi connectivity index (χ0v) is 17.1. The normalized spacial score (nSPS) is 15.7. The monoisotopic (exact) mass is 431 g/mol. The van der Waals surface area contributed by atoms with Crippen LogP contribution in [-0.2, 0) is 4.79 Å². The summed E-state index contributed by atoms with van der Waals surface area (Å²) in [6.45, 7) is 2.08. The Morgan fingerprint density at radius 3 is 2.66 bits per heavy atom. The van der Waals surface area contributed by atoms with Crippen molar-refractivity contribution in [3.8, 4) is 5.75 Å². The lowest BCUT2D eigenvalue weighted by atomic mass is 9.92. The molecule has 0 aromatic heterocycles. The maximum Gasteiger partial charge on any atom is 0.432 e. The molecule has 0 aliphatic heterocycles. The smallest absolute Gasteiger partial charge is 0.432 e. The van der Waals surface area contributed by atoms with Crippen molar-refractivity contribution in [2.75, 3.05) is 19.0 Å². The van der Waals surface area contributed by atoms with Crippen LogP contribution in [0.3, 0.4) is 0 Å². The third-order valence-electron chi connectivity index (χ3n) is 4.84. The minimum atomic E-state index is -4.65. The summed E-state index contributed by atoms with van der Waals surface area (Å²) in [5, 5.41) is 13.7. The zero-order valence-electron chi connectivity index (χ0n) is 16.4. The van der Waals surface area contributed by atoms with E-state index in [1.54, 1.807) is 25.1 Å². The molecular formula is C20H25ClF3N3O2. The van der Waals surface area contributed by atoms with Gasteiger partial charge in [-0.2, -0.15) is 13.2 Å². The topological polar surface area (TPSA) is 74.2 Å². The largest absolute Gasteiger partial charge is 0.495 e. The van der Waals surface area contributed by atoms with E-state index in [4.69, 9.17) is 21.7 Å². The first-order valence-corrected chi connectivity index (χ1v) is 9.77. The summed E-state index contributed by atoms with van der Waals surface area (Å²) in [4.78, 5) is 12.4. The first kappa shape index (κ1) is 23.1. The summed E-state index contributed by atoms with van der Waals surface area (Å²) in [5.41, 5.74) is -0.327. The van der Waals surface area contributed by atoms with E-state index in [0.717, 1.165) is 6.42 Å². The predicted molar refractivity (Wildman–Crippen MR) is 108 cm³/mol. The van der Waals surface area contributed by atoms with Gasteiger partial charge in [0.2, 0.25) is 5.91 Å². The lowest BCUT2D eigenvalue weighted by molar-refractivity contribution is -0.119. The van der Waals surface area contributed by atoms with Crippen LogP contribution in [0, 0.1) is 11.3 Å². The first-order valence-electron chi connectivity index (χ1n) is 9.40. The quantitative estimate of drug-likeness (QED) is 0.488. The number of benzene rings is 1. The molecule has 160 valence electrons. The molecule has 0 saturated carbocycles. The first-order chi connectivity index (χ1) is 13.6. The van der Waals surface area contributed by atoms with Crippen LogP contribution in [-0.4, -0.2) is 31.4 Å². The van der Waals surface area contributed by atoms with Gasteiger partial charge in [-0.1, -0.05) is 18.5 Å². The summed E-state index contributed by atoms with van der Waals surface area (Å²) in [5.74, 6) is -0.148. The number of carbonyl (C=O) groups excluding carboxylic acids is 1. The van der Waals surface area contributed by atoms with E-state index in [1.807, 2.05) is 0 Å². The van der Waals surface area contributed by atoms with Gasteiger partial charge < -0.3 is 15.4 Å². The van der Waals surface area contributed by atoms with Gasteiger partial charge in [0.05, 0.1) is 12.8 Å². The van der Waals surface area contributed by atoms with Crippen LogP contribution < -0.4 is 15.4 Å². The number of nitrogens with one attached hydrogen (secondary N) is 3. The van der Waals surface area contributed by atoms with Crippen LogP contribution in [0.5, 0.6) is 5.75 Å². The summed E-state index contributed by atoms with van der Waals surface area (Å²) < 4.78 is 43.9. The fourth-order valence-corrected chi connectivity index (χ4v) is 3.32. The van der Waals surface area contributed by atoms with E-state index in [-0.39, 0.29) is 23.8 Å². The minimum Gasteiger partial charge on any atom is -0.495 e. The van der Waals surface area contributed by atoms with Gasteiger partial charge >= 0.3 is 6.18 Å². The molecule has 5 nitrogen and oxygen atoms in total. The van der Waals surface area contributed by atoms with E-state index in [0.29, 0.717) is 48.0 Å². The molecule has 1 aromatic rings. The second kappa shape index (κ2) is 10.0. The molecule has 9 heteroatoms. The Morgan fingerprint density at radius 1 is 1.31 bits per heavy atom. The Bertz CT molecular complexity index is 794. The lowest BCUT2D eigenvalue weighted by Crippen LogP contribution is -2.30. The number of methoxy groups -OCH3 is 1. The highest BCUT2D eigenvalue weighted by atomic mass is 35.5. The van der Waals surface area contributed by atoms with Gasteiger partial charge in [0, 0.05) is 28.8 Å². The van der Waals surface area contributed by atoms with Crippen molar-refractivity contribution in [2.45, 2.75) is 45.2 Å². The number of amides is 1. The van der Waals surface area contributed by atoms with Crippen molar-refractivity contribution < 1.29 is 22.7 Å². The number of carbonyl (C=O) groups is 1. The highest BCUT2D eigenvalue weighted by Gasteiger charge is 2.38. The SMILES string of the molecule is COc1ccc(Cl)cc1NC(=O)C(C)CCNC1=C(C(=N)C(F)(F)F)CCCC1. The van der Waals surface area contributed by atoms with Gasteiger partial charge in [0.15, 0.2) is 0 Å². The Hall–Kier alpha value is -2.22. The van der Waals surface area contributed by atoms with Crippen LogP contribution in [0.15, 0.2) is 29.5 Å². The van der Waals surface area contributed by atoms with Crippen molar-refractivity contribution in [3.63, 3.8) is 0 Å². The molecule has 0 bridgehead atoms. The van der Waals surface area contributed by atoms with Crippen LogP contribution in [0.25, 0.3) is 0 Å². The van der Waals surface area contributed by atoms with Crippen LogP contribution in [0.2, 0.25) is 5.02 Å². The molecule has 0 spiro atoms. The molecule has 3 N–H and O–H groups in total. The number of anilines is 1. The van der Waals surface area contributed by atoms with E-state index in [2.05, 4.69) is 10.6 Å². The predicted octanol–water partition coefficient (Wildman–Crippen LogP) is 5.31. The average Bonchev–Trinajstić information content (AvgIpc) is 2.67. The van der Waals surface area contributed by atoms with E-state index in [9.17, 15) is 18.0 Å². The van der Waals surface area contributed by atoms with Gasteiger partial charge in [-0.25, -0.2) is 0 Å². The van der Waals surface area contributed by atoms with Gasteiger partial charge in [-0.05, 0) is 50.3 Å². The molecular weight excluding hydrogens is 407 g/mol. The fraction of sp³-hybridized carbons (Fsp3) is 0.500. The molecule has 1 aliphatic carbocycles. The van der Waals surface area contributed by atoms with Crippen LogP contribution in [0.1, 0.15) is 39.0 Å². The summed E-state index contributed by atoms with van der Waals surface area (Å²) >= 11 is 5.96. The number of allylic oxidation sites excluding steroid dienone is 2. The van der Waals surface area contributed by atoms with Crippen LogP contribution in [0.4, 0.5) is 18.9 Å². The third kappa shape index (κ3) is 6.39. The Morgan fingerprint density at radius 2 is 2.00 bits per heavy atom. The van der Waals surface area contributed by atoms with Gasteiger partial charge in [0.1, 0.15) is 11.5 Å². The van der Waals surface area contributed by atoms with Crippen LogP contribution >= 0.6 is 11.6 Å². The molecule has 1 aliphatic rings. The molecule has 1 aromatic carbocycles. The number of halogens is 4. The van der Waals surface area contributed by atoms with Crippen molar-refractivity contribution in [1.82, 2.24) is 5.32 Å². The molecule has 0 fully saturated rings. The fourth-order valence-electron chi connectivity index (χ4n) is 3.15. The zero-order chi connectivity index (χ0) is 21.6. The summed E-state index contributed by atoms with van der Waals surface area (Å²) in [6, 6.07) is 4.89. The lowest BCUT2D eigenvalue weighted by Gasteiger charge is -2.24. The summed E-state index contributed by atoms with van der Waals surface area (Å²) in [7, 11) is 1.49. The molecule has 1 atom stereocenters. The summed E-state index contributed by atoms with van der Waals surface area (Å²) in [6.07, 6.45) is -2.09. The van der Waals surface area contributed by atoms with E-state index >= 15 is 0 Å². The molecule has 0 radical (unpaired) electrons. The van der Waals surface area contributed by atoms with E-state index in [1.165, 1.54) is 7.11 Å². The van der Waals surface area contributed by atoms with Gasteiger partial charge in [-0.3, -0.25) is 10.2 Å². The van der Waals surface area contributed by atoms with Gasteiger partial charge in [-0.15, -0.1) is 0 Å². The van der Waals surface area contributed by atoms with Crippen molar-refractivity contribution in [3.05, 3.63) is 34.5 Å². The van der Waals surface area contributed by atoms with E-state index < -0.39 is 11.9 Å². The van der Waals surface area contributed by atoms with Crippen molar-refractivity contribution in [1.29, 1.82) is 5.41 Å². The standard InChI is InChI=1S/C20H25ClF3N3O2/c1-12(19(28)27-16-11-13(21)7-8-17(16)29-2)9-10-26-15-6-4-3-5-14(15)18(25)20(22,23)24/h7-8,11-12,25-26H,3-6,9-10H2,1-2H3,(H,27,28). The number of ether oxygens (including phenoxy) is 1. The maximum absolute atomic E-state index is 12.9. The number of rotatable bonds is 8. The molecule has 1 amide bonds. The Labute approximate surface area is 173 Å². The molecule has 0 heterocycles.